The van der Waals surface area contributed by atoms with Crippen LogP contribution in [0.2, 0.25) is 0 Å². The number of rotatable bonds is 3. The van der Waals surface area contributed by atoms with E-state index in [-0.39, 0.29) is 16.5 Å². The number of hydrogen-bond donors (Lipinski definition) is 3. The third-order valence-electron chi connectivity index (χ3n) is 3.93. The lowest BCUT2D eigenvalue weighted by atomic mass is 9.76. The number of carbonyl (C=O) groups excluding carboxylic acids is 1. The Balaban J connectivity index is 2.24. The summed E-state index contributed by atoms with van der Waals surface area (Å²) in [5.74, 6) is 0.0214. The van der Waals surface area contributed by atoms with E-state index in [1.54, 1.807) is 12.1 Å². The standard InChI is InChI=1S/C14H21N3O3S/c1-10-5-4-8-14(15,9-10)13(18)17-11-6-2-3-7-12(11)21(16,19)20/h2-3,6-7,10H,4-5,8-9,15H2,1H3,(H,17,18)(H2,16,19,20). The third-order valence-corrected chi connectivity index (χ3v) is 4.90. The average molecular weight is 311 g/mol. The molecule has 2 unspecified atom stereocenters. The van der Waals surface area contributed by atoms with Crippen LogP contribution in [0.5, 0.6) is 0 Å². The molecule has 0 heterocycles. The van der Waals surface area contributed by atoms with Crippen molar-refractivity contribution in [3.8, 4) is 0 Å². The number of amides is 1. The van der Waals surface area contributed by atoms with E-state index in [9.17, 15) is 13.2 Å². The van der Waals surface area contributed by atoms with Crippen LogP contribution in [-0.2, 0) is 14.8 Å². The molecule has 0 spiro atoms. The normalized spacial score (nSPS) is 26.3. The molecule has 7 heteroatoms. The van der Waals surface area contributed by atoms with Gasteiger partial charge in [-0.1, -0.05) is 31.9 Å². The Hall–Kier alpha value is -1.44. The van der Waals surface area contributed by atoms with Crippen molar-refractivity contribution >= 4 is 21.6 Å². The Morgan fingerprint density at radius 3 is 2.67 bits per heavy atom. The van der Waals surface area contributed by atoms with E-state index in [0.717, 1.165) is 12.8 Å². The van der Waals surface area contributed by atoms with E-state index in [1.165, 1.54) is 12.1 Å². The molecule has 1 aliphatic rings. The Morgan fingerprint density at radius 1 is 1.38 bits per heavy atom. The number of nitrogens with two attached hydrogens (primary N) is 2. The zero-order valence-electron chi connectivity index (χ0n) is 12.0. The lowest BCUT2D eigenvalue weighted by Crippen LogP contribution is -2.53. The molecule has 0 radical (unpaired) electrons. The second-order valence-corrected chi connectivity index (χ2v) is 7.38. The van der Waals surface area contributed by atoms with Gasteiger partial charge in [-0.15, -0.1) is 0 Å². The summed E-state index contributed by atoms with van der Waals surface area (Å²) >= 11 is 0. The average Bonchev–Trinajstić information content (AvgIpc) is 2.37. The molecule has 1 fully saturated rings. The molecular formula is C14H21N3O3S. The van der Waals surface area contributed by atoms with E-state index >= 15 is 0 Å². The van der Waals surface area contributed by atoms with Gasteiger partial charge in [0.1, 0.15) is 4.90 Å². The van der Waals surface area contributed by atoms with E-state index in [1.807, 2.05) is 0 Å². The van der Waals surface area contributed by atoms with Crippen molar-refractivity contribution in [2.75, 3.05) is 5.32 Å². The Labute approximate surface area is 124 Å². The van der Waals surface area contributed by atoms with Crippen molar-refractivity contribution in [3.63, 3.8) is 0 Å². The number of benzene rings is 1. The molecule has 0 aliphatic heterocycles. The van der Waals surface area contributed by atoms with Gasteiger partial charge in [0.05, 0.1) is 11.2 Å². The van der Waals surface area contributed by atoms with E-state index in [4.69, 9.17) is 10.9 Å². The molecule has 1 amide bonds. The fourth-order valence-corrected chi connectivity index (χ4v) is 3.56. The molecule has 0 aromatic heterocycles. The van der Waals surface area contributed by atoms with Crippen LogP contribution in [0.25, 0.3) is 0 Å². The quantitative estimate of drug-likeness (QED) is 0.777. The van der Waals surface area contributed by atoms with Gasteiger partial charge in [0.2, 0.25) is 15.9 Å². The zero-order chi connectivity index (χ0) is 15.7. The summed E-state index contributed by atoms with van der Waals surface area (Å²) < 4.78 is 23.1. The predicted octanol–water partition coefficient (Wildman–Crippen LogP) is 1.18. The van der Waals surface area contributed by atoms with E-state index in [2.05, 4.69) is 12.2 Å². The van der Waals surface area contributed by atoms with Gasteiger partial charge in [0.15, 0.2) is 0 Å². The first kappa shape index (κ1) is 15.9. The van der Waals surface area contributed by atoms with E-state index in [0.29, 0.717) is 18.8 Å². The number of hydrogen-bond acceptors (Lipinski definition) is 4. The molecule has 0 saturated heterocycles. The van der Waals surface area contributed by atoms with Gasteiger partial charge in [-0.3, -0.25) is 4.79 Å². The number of sulfonamides is 1. The summed E-state index contributed by atoms with van der Waals surface area (Å²) in [6, 6.07) is 6.05. The van der Waals surface area contributed by atoms with Gasteiger partial charge in [-0.05, 0) is 30.9 Å². The highest BCUT2D eigenvalue weighted by atomic mass is 32.2. The maximum atomic E-state index is 12.4. The van der Waals surface area contributed by atoms with Crippen LogP contribution in [-0.4, -0.2) is 19.9 Å². The molecule has 0 bridgehead atoms. The highest BCUT2D eigenvalue weighted by Gasteiger charge is 2.38. The summed E-state index contributed by atoms with van der Waals surface area (Å²) in [6.45, 7) is 2.06. The monoisotopic (exact) mass is 311 g/mol. The summed E-state index contributed by atoms with van der Waals surface area (Å²) in [4.78, 5) is 12.3. The molecule has 116 valence electrons. The minimum atomic E-state index is -3.90. The van der Waals surface area contributed by atoms with Crippen molar-refractivity contribution in [1.29, 1.82) is 0 Å². The number of carbonyl (C=O) groups is 1. The molecule has 1 aromatic carbocycles. The summed E-state index contributed by atoms with van der Waals surface area (Å²) in [6.07, 6.45) is 3.14. The van der Waals surface area contributed by atoms with Gasteiger partial charge in [-0.2, -0.15) is 0 Å². The lowest BCUT2D eigenvalue weighted by Gasteiger charge is -2.35. The molecule has 6 nitrogen and oxygen atoms in total. The van der Waals surface area contributed by atoms with Gasteiger partial charge in [0, 0.05) is 0 Å². The second kappa shape index (κ2) is 5.75. The molecular weight excluding hydrogens is 290 g/mol. The second-order valence-electron chi connectivity index (χ2n) is 5.85. The van der Waals surface area contributed by atoms with Crippen molar-refractivity contribution < 1.29 is 13.2 Å². The first-order valence-corrected chi connectivity index (χ1v) is 8.49. The highest BCUT2D eigenvalue weighted by molar-refractivity contribution is 7.89. The van der Waals surface area contributed by atoms with Crippen molar-refractivity contribution in [2.24, 2.45) is 16.8 Å². The smallest absolute Gasteiger partial charge is 0.244 e. The van der Waals surface area contributed by atoms with Crippen LogP contribution >= 0.6 is 0 Å². The Morgan fingerprint density at radius 2 is 2.05 bits per heavy atom. The van der Waals surface area contributed by atoms with Crippen LogP contribution in [0.4, 0.5) is 5.69 Å². The molecule has 2 rings (SSSR count). The largest absolute Gasteiger partial charge is 0.323 e. The van der Waals surface area contributed by atoms with Crippen LogP contribution in [0.3, 0.4) is 0 Å². The lowest BCUT2D eigenvalue weighted by molar-refractivity contribution is -0.122. The summed E-state index contributed by atoms with van der Waals surface area (Å²) in [5.41, 5.74) is 5.43. The predicted molar refractivity (Wildman–Crippen MR) is 81.0 cm³/mol. The first-order chi connectivity index (χ1) is 9.72. The highest BCUT2D eigenvalue weighted by Crippen LogP contribution is 2.32. The number of primary sulfonamides is 1. The van der Waals surface area contributed by atoms with Crippen molar-refractivity contribution in [3.05, 3.63) is 24.3 Å². The topological polar surface area (TPSA) is 115 Å². The van der Waals surface area contributed by atoms with Crippen LogP contribution < -0.4 is 16.2 Å². The van der Waals surface area contributed by atoms with E-state index < -0.39 is 15.6 Å². The SMILES string of the molecule is CC1CCCC(N)(C(=O)Nc2ccccc2S(N)(=O)=O)C1. The minimum Gasteiger partial charge on any atom is -0.323 e. The Kier molecular flexibility index (Phi) is 4.36. The van der Waals surface area contributed by atoms with Gasteiger partial charge < -0.3 is 11.1 Å². The Bertz CT molecular complexity index is 645. The molecule has 5 N–H and O–H groups in total. The van der Waals surface area contributed by atoms with Crippen LogP contribution in [0.15, 0.2) is 29.2 Å². The number of nitrogens with one attached hydrogen (secondary N) is 1. The fourth-order valence-electron chi connectivity index (χ4n) is 2.86. The van der Waals surface area contributed by atoms with Crippen LogP contribution in [0.1, 0.15) is 32.6 Å². The summed E-state index contributed by atoms with van der Waals surface area (Å²) in [5, 5.41) is 7.78. The van der Waals surface area contributed by atoms with Crippen molar-refractivity contribution in [1.82, 2.24) is 0 Å². The van der Waals surface area contributed by atoms with Crippen LogP contribution in [0, 0.1) is 5.92 Å². The maximum Gasteiger partial charge on any atom is 0.244 e. The first-order valence-electron chi connectivity index (χ1n) is 6.94. The maximum absolute atomic E-state index is 12.4. The fraction of sp³-hybridized carbons (Fsp3) is 0.500. The van der Waals surface area contributed by atoms with Crippen molar-refractivity contribution in [2.45, 2.75) is 43.0 Å². The van der Waals surface area contributed by atoms with Gasteiger partial charge >= 0.3 is 0 Å². The third kappa shape index (κ3) is 3.61. The molecule has 1 aromatic rings. The van der Waals surface area contributed by atoms with Gasteiger partial charge in [-0.25, -0.2) is 13.6 Å². The number of para-hydroxylation sites is 1. The molecule has 1 aliphatic carbocycles. The minimum absolute atomic E-state index is 0.106. The molecule has 2 atom stereocenters. The molecule has 21 heavy (non-hydrogen) atoms. The molecule has 1 saturated carbocycles. The zero-order valence-corrected chi connectivity index (χ0v) is 12.8. The number of anilines is 1. The van der Waals surface area contributed by atoms with Gasteiger partial charge in [0.25, 0.3) is 0 Å². The summed E-state index contributed by atoms with van der Waals surface area (Å²) in [7, 11) is -3.90.